The summed E-state index contributed by atoms with van der Waals surface area (Å²) < 4.78 is 0. The first-order valence-corrected chi connectivity index (χ1v) is 8.03. The first-order valence-electron chi connectivity index (χ1n) is 8.03. The van der Waals surface area contributed by atoms with E-state index in [4.69, 9.17) is 0 Å². The molecule has 3 heteroatoms. The highest BCUT2D eigenvalue weighted by atomic mass is 16.1. The summed E-state index contributed by atoms with van der Waals surface area (Å²) >= 11 is 0. The fourth-order valence-corrected chi connectivity index (χ4v) is 3.47. The quantitative estimate of drug-likeness (QED) is 0.836. The lowest BCUT2D eigenvalue weighted by Gasteiger charge is -2.31. The maximum atomic E-state index is 12.7. The fourth-order valence-electron chi connectivity index (χ4n) is 3.47. The standard InChI is InChI=1S/C18H24N2O/c1-12-7-3-5-9-16(12)20-13(2)18(21)15-11-19-17-10-6-4-8-14(15)17/h4,6,8,10-13,16,19-20H,3,5,7,9H2,1-2H3/t12-,13+,16-/m1/s1. The van der Waals surface area contributed by atoms with Crippen molar-refractivity contribution >= 4 is 16.7 Å². The number of Topliss-reactive ketones (excluding diaryl/α,β-unsaturated/α-hetero) is 1. The van der Waals surface area contributed by atoms with Crippen LogP contribution in [0.5, 0.6) is 0 Å². The molecule has 0 amide bonds. The van der Waals surface area contributed by atoms with Gasteiger partial charge < -0.3 is 10.3 Å². The molecular weight excluding hydrogens is 260 g/mol. The molecule has 1 heterocycles. The molecule has 0 spiro atoms. The summed E-state index contributed by atoms with van der Waals surface area (Å²) in [4.78, 5) is 15.9. The molecular formula is C18H24N2O. The molecule has 1 aromatic heterocycles. The molecule has 3 rings (SSSR count). The molecule has 112 valence electrons. The van der Waals surface area contributed by atoms with E-state index in [1.54, 1.807) is 0 Å². The minimum absolute atomic E-state index is 0.130. The Balaban J connectivity index is 1.75. The smallest absolute Gasteiger partial charge is 0.181 e. The van der Waals surface area contributed by atoms with Crippen LogP contribution < -0.4 is 5.32 Å². The average Bonchev–Trinajstić information content (AvgIpc) is 2.92. The van der Waals surface area contributed by atoms with Crippen LogP contribution >= 0.6 is 0 Å². The van der Waals surface area contributed by atoms with E-state index in [1.165, 1.54) is 25.7 Å². The van der Waals surface area contributed by atoms with Crippen LogP contribution in [0.2, 0.25) is 0 Å². The number of benzene rings is 1. The third kappa shape index (κ3) is 2.88. The van der Waals surface area contributed by atoms with Crippen LogP contribution in [0.25, 0.3) is 10.9 Å². The number of hydrogen-bond acceptors (Lipinski definition) is 2. The van der Waals surface area contributed by atoms with Crippen LogP contribution in [-0.4, -0.2) is 22.9 Å². The van der Waals surface area contributed by atoms with Gasteiger partial charge in [0.2, 0.25) is 0 Å². The summed E-state index contributed by atoms with van der Waals surface area (Å²) in [7, 11) is 0. The Kier molecular flexibility index (Phi) is 4.11. The van der Waals surface area contributed by atoms with Crippen molar-refractivity contribution < 1.29 is 4.79 Å². The van der Waals surface area contributed by atoms with Crippen LogP contribution in [0.3, 0.4) is 0 Å². The summed E-state index contributed by atoms with van der Waals surface area (Å²) in [5, 5.41) is 4.58. The number of carbonyl (C=O) groups excluding carboxylic acids is 1. The maximum Gasteiger partial charge on any atom is 0.181 e. The van der Waals surface area contributed by atoms with Crippen molar-refractivity contribution in [3.05, 3.63) is 36.0 Å². The second kappa shape index (κ2) is 6.02. The molecule has 1 aromatic carbocycles. The van der Waals surface area contributed by atoms with Gasteiger partial charge in [-0.1, -0.05) is 38.0 Å². The Morgan fingerprint density at radius 2 is 2.05 bits per heavy atom. The number of nitrogens with one attached hydrogen (secondary N) is 2. The van der Waals surface area contributed by atoms with Gasteiger partial charge in [-0.25, -0.2) is 0 Å². The number of rotatable bonds is 4. The first-order chi connectivity index (χ1) is 10.2. The fraction of sp³-hybridized carbons (Fsp3) is 0.500. The zero-order valence-electron chi connectivity index (χ0n) is 12.9. The van der Waals surface area contributed by atoms with E-state index >= 15 is 0 Å². The molecule has 1 fully saturated rings. The summed E-state index contributed by atoms with van der Waals surface area (Å²) in [5.41, 5.74) is 1.83. The second-order valence-corrected chi connectivity index (χ2v) is 6.37. The molecule has 3 atom stereocenters. The van der Waals surface area contributed by atoms with Gasteiger partial charge in [-0.15, -0.1) is 0 Å². The minimum atomic E-state index is -0.130. The van der Waals surface area contributed by atoms with Gasteiger partial charge in [0.1, 0.15) is 0 Å². The summed E-state index contributed by atoms with van der Waals surface area (Å²) in [6.07, 6.45) is 6.90. The number of carbonyl (C=O) groups is 1. The van der Waals surface area contributed by atoms with Gasteiger partial charge in [0.25, 0.3) is 0 Å². The van der Waals surface area contributed by atoms with Gasteiger partial charge in [-0.2, -0.15) is 0 Å². The molecule has 1 aliphatic rings. The number of hydrogen-bond donors (Lipinski definition) is 2. The van der Waals surface area contributed by atoms with Crippen molar-refractivity contribution in [3.63, 3.8) is 0 Å². The average molecular weight is 284 g/mol. The molecule has 2 N–H and O–H groups in total. The third-order valence-corrected chi connectivity index (χ3v) is 4.82. The monoisotopic (exact) mass is 284 g/mol. The van der Waals surface area contributed by atoms with E-state index in [0.717, 1.165) is 16.5 Å². The number of fused-ring (bicyclic) bond motifs is 1. The Bertz CT molecular complexity index is 631. The van der Waals surface area contributed by atoms with Crippen molar-refractivity contribution in [2.75, 3.05) is 0 Å². The molecule has 1 saturated carbocycles. The lowest BCUT2D eigenvalue weighted by atomic mass is 9.85. The van der Waals surface area contributed by atoms with Gasteiger partial charge in [0.15, 0.2) is 5.78 Å². The van der Waals surface area contributed by atoms with Gasteiger partial charge in [0, 0.05) is 28.7 Å². The number of H-pyrrole nitrogens is 1. The van der Waals surface area contributed by atoms with Crippen molar-refractivity contribution in [2.24, 2.45) is 5.92 Å². The Labute approximate surface area is 126 Å². The zero-order valence-corrected chi connectivity index (χ0v) is 12.9. The number of aromatic amines is 1. The van der Waals surface area contributed by atoms with E-state index in [9.17, 15) is 4.79 Å². The molecule has 0 aliphatic heterocycles. The summed E-state index contributed by atoms with van der Waals surface area (Å²) in [5.74, 6) is 0.849. The highest BCUT2D eigenvalue weighted by Gasteiger charge is 2.26. The minimum Gasteiger partial charge on any atom is -0.360 e. The van der Waals surface area contributed by atoms with Crippen molar-refractivity contribution in [2.45, 2.75) is 51.6 Å². The summed E-state index contributed by atoms with van der Waals surface area (Å²) in [6, 6.07) is 8.33. The highest BCUT2D eigenvalue weighted by molar-refractivity contribution is 6.10. The second-order valence-electron chi connectivity index (χ2n) is 6.37. The van der Waals surface area contributed by atoms with Crippen LogP contribution in [0, 0.1) is 5.92 Å². The van der Waals surface area contributed by atoms with E-state index in [-0.39, 0.29) is 11.8 Å². The topological polar surface area (TPSA) is 44.9 Å². The predicted molar refractivity (Wildman–Crippen MR) is 86.6 cm³/mol. The molecule has 0 radical (unpaired) electrons. The molecule has 0 unspecified atom stereocenters. The highest BCUT2D eigenvalue weighted by Crippen LogP contribution is 2.25. The van der Waals surface area contributed by atoms with Gasteiger partial charge >= 0.3 is 0 Å². The van der Waals surface area contributed by atoms with Gasteiger partial charge in [-0.05, 0) is 31.7 Å². The van der Waals surface area contributed by atoms with E-state index in [1.807, 2.05) is 37.4 Å². The van der Waals surface area contributed by atoms with Crippen LogP contribution in [0.4, 0.5) is 0 Å². The van der Waals surface area contributed by atoms with E-state index < -0.39 is 0 Å². The first kappa shape index (κ1) is 14.3. The molecule has 3 nitrogen and oxygen atoms in total. The lowest BCUT2D eigenvalue weighted by Crippen LogP contribution is -2.45. The lowest BCUT2D eigenvalue weighted by molar-refractivity contribution is 0.0934. The molecule has 0 saturated heterocycles. The molecule has 2 aromatic rings. The van der Waals surface area contributed by atoms with Crippen LogP contribution in [0.15, 0.2) is 30.5 Å². The van der Waals surface area contributed by atoms with E-state index in [0.29, 0.717) is 12.0 Å². The van der Waals surface area contributed by atoms with Gasteiger partial charge in [-0.3, -0.25) is 4.79 Å². The maximum absolute atomic E-state index is 12.7. The van der Waals surface area contributed by atoms with E-state index in [2.05, 4.69) is 17.2 Å². The molecule has 21 heavy (non-hydrogen) atoms. The van der Waals surface area contributed by atoms with Crippen molar-refractivity contribution in [1.29, 1.82) is 0 Å². The molecule has 1 aliphatic carbocycles. The number of ketones is 1. The van der Waals surface area contributed by atoms with Gasteiger partial charge in [0.05, 0.1) is 6.04 Å². The largest absolute Gasteiger partial charge is 0.360 e. The molecule has 0 bridgehead atoms. The normalized spacial score (nSPS) is 24.1. The van der Waals surface area contributed by atoms with Crippen LogP contribution in [0.1, 0.15) is 49.9 Å². The number of aromatic nitrogens is 1. The van der Waals surface area contributed by atoms with Crippen LogP contribution in [-0.2, 0) is 0 Å². The predicted octanol–water partition coefficient (Wildman–Crippen LogP) is 3.91. The Morgan fingerprint density at radius 1 is 1.29 bits per heavy atom. The number of para-hydroxylation sites is 1. The Hall–Kier alpha value is -1.61. The zero-order chi connectivity index (χ0) is 14.8. The van der Waals surface area contributed by atoms with Crippen molar-refractivity contribution in [1.82, 2.24) is 10.3 Å². The SMILES string of the molecule is C[C@H](N[C@@H]1CCCC[C@H]1C)C(=O)c1c[nH]c2ccccc12. The summed E-state index contributed by atoms with van der Waals surface area (Å²) in [6.45, 7) is 4.28. The van der Waals surface area contributed by atoms with Crippen molar-refractivity contribution in [3.8, 4) is 0 Å². The Morgan fingerprint density at radius 3 is 2.86 bits per heavy atom. The third-order valence-electron chi connectivity index (χ3n) is 4.82.